The van der Waals surface area contributed by atoms with Crippen molar-refractivity contribution in [1.82, 2.24) is 0 Å². The van der Waals surface area contributed by atoms with Crippen LogP contribution in [0.15, 0.2) is 64.2 Å². The second-order valence-electron chi connectivity index (χ2n) is 7.86. The first-order valence-corrected chi connectivity index (χ1v) is 13.2. The van der Waals surface area contributed by atoms with E-state index in [2.05, 4.69) is 14.9 Å². The van der Waals surface area contributed by atoms with Crippen LogP contribution in [-0.2, 0) is 21.2 Å². The zero-order chi connectivity index (χ0) is 23.3. The standard InChI is InChI=1S/C24H27N3O4S2/c1-31-22-7-3-2-6-20(22)26-33(29,30)23-16-19(9-10-21(23)27-13-4-5-14-27)25-24(28)11-8-18-12-15-32-17-18/h2-3,6-7,9-10,12,15-17,26H,4-5,8,11,13-14H2,1H3,(H,25,28). The quantitative estimate of drug-likeness (QED) is 0.458. The minimum Gasteiger partial charge on any atom is -0.495 e. The number of ether oxygens (including phenoxy) is 1. The highest BCUT2D eigenvalue weighted by Crippen LogP contribution is 2.34. The van der Waals surface area contributed by atoms with Gasteiger partial charge in [-0.15, -0.1) is 0 Å². The van der Waals surface area contributed by atoms with Crippen molar-refractivity contribution in [2.24, 2.45) is 0 Å². The molecule has 9 heteroatoms. The Hall–Kier alpha value is -3.04. The first-order valence-electron chi connectivity index (χ1n) is 10.8. The molecule has 3 aromatic rings. The zero-order valence-corrected chi connectivity index (χ0v) is 20.0. The van der Waals surface area contributed by atoms with Gasteiger partial charge in [-0.25, -0.2) is 8.42 Å². The third-order valence-electron chi connectivity index (χ3n) is 5.55. The second kappa shape index (κ2) is 10.3. The number of para-hydroxylation sites is 2. The summed E-state index contributed by atoms with van der Waals surface area (Å²) in [4.78, 5) is 14.7. The number of anilines is 3. The number of methoxy groups -OCH3 is 1. The Morgan fingerprint density at radius 2 is 1.91 bits per heavy atom. The summed E-state index contributed by atoms with van der Waals surface area (Å²) in [6.45, 7) is 1.59. The lowest BCUT2D eigenvalue weighted by Gasteiger charge is -2.23. The van der Waals surface area contributed by atoms with Gasteiger partial charge < -0.3 is 15.0 Å². The van der Waals surface area contributed by atoms with Crippen LogP contribution in [0, 0.1) is 0 Å². The fourth-order valence-corrected chi connectivity index (χ4v) is 5.90. The van der Waals surface area contributed by atoms with Crippen molar-refractivity contribution in [1.29, 1.82) is 0 Å². The summed E-state index contributed by atoms with van der Waals surface area (Å²) >= 11 is 1.60. The van der Waals surface area contributed by atoms with E-state index in [0.717, 1.165) is 31.5 Å². The summed E-state index contributed by atoms with van der Waals surface area (Å²) in [6.07, 6.45) is 2.99. The maximum absolute atomic E-state index is 13.5. The van der Waals surface area contributed by atoms with E-state index in [1.54, 1.807) is 47.7 Å². The number of benzene rings is 2. The average molecular weight is 486 g/mol. The third kappa shape index (κ3) is 5.66. The minimum atomic E-state index is -3.94. The predicted molar refractivity (Wildman–Crippen MR) is 133 cm³/mol. The van der Waals surface area contributed by atoms with Gasteiger partial charge in [0.1, 0.15) is 10.6 Å². The van der Waals surface area contributed by atoms with Gasteiger partial charge in [0, 0.05) is 25.2 Å². The number of amides is 1. The lowest BCUT2D eigenvalue weighted by Crippen LogP contribution is -2.23. The molecule has 0 atom stereocenters. The molecule has 0 spiro atoms. The van der Waals surface area contributed by atoms with Gasteiger partial charge in [0.2, 0.25) is 5.91 Å². The van der Waals surface area contributed by atoms with Gasteiger partial charge in [0.15, 0.2) is 0 Å². The highest BCUT2D eigenvalue weighted by atomic mass is 32.2. The highest BCUT2D eigenvalue weighted by Gasteiger charge is 2.25. The number of carbonyl (C=O) groups excluding carboxylic acids is 1. The van der Waals surface area contributed by atoms with Gasteiger partial charge in [-0.1, -0.05) is 12.1 Å². The Labute approximate surface area is 198 Å². The van der Waals surface area contributed by atoms with Crippen LogP contribution in [0.1, 0.15) is 24.8 Å². The summed E-state index contributed by atoms with van der Waals surface area (Å²) in [5, 5.41) is 6.85. The molecule has 1 aromatic heterocycles. The Morgan fingerprint density at radius 1 is 1.12 bits per heavy atom. The van der Waals surface area contributed by atoms with Crippen LogP contribution in [0.25, 0.3) is 0 Å². The maximum Gasteiger partial charge on any atom is 0.264 e. The van der Waals surface area contributed by atoms with E-state index in [9.17, 15) is 13.2 Å². The maximum atomic E-state index is 13.5. The van der Waals surface area contributed by atoms with Gasteiger partial charge in [-0.2, -0.15) is 11.3 Å². The molecule has 1 amide bonds. The summed E-state index contributed by atoms with van der Waals surface area (Å²) in [6, 6.07) is 13.9. The second-order valence-corrected chi connectivity index (χ2v) is 10.3. The van der Waals surface area contributed by atoms with Crippen molar-refractivity contribution in [3.8, 4) is 5.75 Å². The van der Waals surface area contributed by atoms with E-state index in [1.807, 2.05) is 16.8 Å². The summed E-state index contributed by atoms with van der Waals surface area (Å²) in [5.74, 6) is 0.276. The molecule has 4 rings (SSSR count). The molecule has 0 aliphatic carbocycles. The van der Waals surface area contributed by atoms with Crippen molar-refractivity contribution in [3.63, 3.8) is 0 Å². The number of hydrogen-bond acceptors (Lipinski definition) is 6. The fourth-order valence-electron chi connectivity index (χ4n) is 3.87. The van der Waals surface area contributed by atoms with Gasteiger partial charge in [0.25, 0.3) is 10.0 Å². The molecule has 0 unspecified atom stereocenters. The minimum absolute atomic E-state index is 0.131. The van der Waals surface area contributed by atoms with E-state index < -0.39 is 10.0 Å². The number of sulfonamides is 1. The van der Waals surface area contributed by atoms with Crippen molar-refractivity contribution >= 4 is 44.3 Å². The molecule has 7 nitrogen and oxygen atoms in total. The Bertz CT molecular complexity index is 1200. The van der Waals surface area contributed by atoms with Crippen molar-refractivity contribution < 1.29 is 17.9 Å². The number of nitrogens with one attached hydrogen (secondary N) is 2. The number of thiophene rings is 1. The largest absolute Gasteiger partial charge is 0.495 e. The highest BCUT2D eigenvalue weighted by molar-refractivity contribution is 7.93. The summed E-state index contributed by atoms with van der Waals surface area (Å²) < 4.78 is 34.9. The van der Waals surface area contributed by atoms with Crippen molar-refractivity contribution in [2.75, 3.05) is 35.1 Å². The smallest absolute Gasteiger partial charge is 0.264 e. The molecule has 0 saturated carbocycles. The van der Waals surface area contributed by atoms with Gasteiger partial charge in [0.05, 0.1) is 18.5 Å². The lowest BCUT2D eigenvalue weighted by molar-refractivity contribution is -0.116. The number of rotatable bonds is 9. The molecule has 1 aliphatic heterocycles. The first kappa shape index (κ1) is 23.1. The van der Waals surface area contributed by atoms with Crippen molar-refractivity contribution in [3.05, 3.63) is 64.9 Å². The van der Waals surface area contributed by atoms with Crippen LogP contribution in [0.2, 0.25) is 0 Å². The first-order chi connectivity index (χ1) is 16.0. The molecule has 2 aromatic carbocycles. The Morgan fingerprint density at radius 3 is 2.64 bits per heavy atom. The topological polar surface area (TPSA) is 87.7 Å². The van der Waals surface area contributed by atoms with E-state index in [-0.39, 0.29) is 10.8 Å². The number of hydrogen-bond donors (Lipinski definition) is 2. The van der Waals surface area contributed by atoms with Gasteiger partial charge in [-0.05, 0) is 72.0 Å². The molecule has 174 valence electrons. The Kier molecular flexibility index (Phi) is 7.20. The van der Waals surface area contributed by atoms with Crippen molar-refractivity contribution in [2.45, 2.75) is 30.6 Å². The lowest BCUT2D eigenvalue weighted by atomic mass is 10.2. The normalized spacial score (nSPS) is 13.7. The fraction of sp³-hybridized carbons (Fsp3) is 0.292. The molecule has 1 aliphatic rings. The molecule has 0 bridgehead atoms. The molecule has 1 fully saturated rings. The van der Waals surface area contributed by atoms with E-state index in [0.29, 0.717) is 35.7 Å². The molecular formula is C24H27N3O4S2. The number of carbonyl (C=O) groups is 1. The molecule has 2 heterocycles. The van der Waals surface area contributed by atoms with Crippen LogP contribution in [0.4, 0.5) is 17.1 Å². The van der Waals surface area contributed by atoms with Crippen LogP contribution >= 0.6 is 11.3 Å². The van der Waals surface area contributed by atoms with Gasteiger partial charge in [-0.3, -0.25) is 9.52 Å². The molecule has 0 radical (unpaired) electrons. The zero-order valence-electron chi connectivity index (χ0n) is 18.4. The SMILES string of the molecule is COc1ccccc1NS(=O)(=O)c1cc(NC(=O)CCc2ccsc2)ccc1N1CCCC1. The van der Waals surface area contributed by atoms with Gasteiger partial charge >= 0.3 is 0 Å². The van der Waals surface area contributed by atoms with E-state index in [1.165, 1.54) is 13.2 Å². The van der Waals surface area contributed by atoms with Crippen LogP contribution in [0.5, 0.6) is 5.75 Å². The number of aryl methyl sites for hydroxylation is 1. The molecular weight excluding hydrogens is 458 g/mol. The van der Waals surface area contributed by atoms with E-state index >= 15 is 0 Å². The molecule has 1 saturated heterocycles. The summed E-state index contributed by atoms with van der Waals surface area (Å²) in [5.41, 5.74) is 2.56. The molecule has 2 N–H and O–H groups in total. The third-order valence-corrected chi connectivity index (χ3v) is 7.68. The monoisotopic (exact) mass is 485 g/mol. The molecule has 33 heavy (non-hydrogen) atoms. The van der Waals surface area contributed by atoms with Crippen LogP contribution < -0.4 is 19.7 Å². The average Bonchev–Trinajstić information content (AvgIpc) is 3.52. The number of nitrogens with zero attached hydrogens (tertiary/aromatic N) is 1. The summed E-state index contributed by atoms with van der Waals surface area (Å²) in [7, 11) is -2.45. The van der Waals surface area contributed by atoms with E-state index in [4.69, 9.17) is 4.74 Å². The Balaban J connectivity index is 1.60. The predicted octanol–water partition coefficient (Wildman–Crippen LogP) is 4.73. The van der Waals surface area contributed by atoms with Crippen LogP contribution in [-0.4, -0.2) is 34.5 Å². The van der Waals surface area contributed by atoms with Crippen LogP contribution in [0.3, 0.4) is 0 Å².